The second-order valence-corrected chi connectivity index (χ2v) is 7.12. The third-order valence-electron chi connectivity index (χ3n) is 6.00. The van der Waals surface area contributed by atoms with E-state index in [1.165, 1.54) is 27.3 Å². The number of phenols is 1. The highest BCUT2D eigenvalue weighted by molar-refractivity contribution is 6.09. The molecule has 0 radical (unpaired) electrons. The van der Waals surface area contributed by atoms with Gasteiger partial charge in [-0.15, -0.1) is 0 Å². The van der Waals surface area contributed by atoms with E-state index >= 15 is 0 Å². The predicted octanol–water partition coefficient (Wildman–Crippen LogP) is 5.28. The number of aryl methyl sites for hydroxylation is 1. The third kappa shape index (κ3) is 2.13. The van der Waals surface area contributed by atoms with Crippen molar-refractivity contribution >= 4 is 21.5 Å². The number of hydrogen-bond acceptors (Lipinski definition) is 2. The van der Waals surface area contributed by atoms with Gasteiger partial charge in [0.05, 0.1) is 5.60 Å². The quantitative estimate of drug-likeness (QED) is 0.631. The van der Waals surface area contributed by atoms with E-state index in [-0.39, 0.29) is 5.92 Å². The molecule has 3 aromatic carbocycles. The van der Waals surface area contributed by atoms with E-state index < -0.39 is 5.60 Å². The van der Waals surface area contributed by atoms with Gasteiger partial charge in [-0.05, 0) is 70.5 Å². The SMILES string of the molecule is CC[C@@H]1c2ccc3c(ccc4cc(O)ccc43)c2CC[C@]1(O)CC. The molecule has 0 fully saturated rings. The van der Waals surface area contributed by atoms with Gasteiger partial charge in [-0.1, -0.05) is 44.2 Å². The van der Waals surface area contributed by atoms with Crippen molar-refractivity contribution in [3.05, 3.63) is 53.6 Å². The number of hydrogen-bond donors (Lipinski definition) is 2. The average molecular weight is 320 g/mol. The second kappa shape index (κ2) is 5.49. The van der Waals surface area contributed by atoms with Gasteiger partial charge in [0.15, 0.2) is 0 Å². The van der Waals surface area contributed by atoms with Crippen molar-refractivity contribution in [2.45, 2.75) is 51.0 Å². The summed E-state index contributed by atoms with van der Waals surface area (Å²) in [6, 6.07) is 14.3. The minimum absolute atomic E-state index is 0.214. The van der Waals surface area contributed by atoms with Crippen LogP contribution in [-0.4, -0.2) is 15.8 Å². The molecule has 0 bridgehead atoms. The molecule has 124 valence electrons. The topological polar surface area (TPSA) is 40.5 Å². The molecule has 0 unspecified atom stereocenters. The maximum absolute atomic E-state index is 11.0. The summed E-state index contributed by atoms with van der Waals surface area (Å²) >= 11 is 0. The Bertz CT molecular complexity index is 928. The Balaban J connectivity index is 1.99. The van der Waals surface area contributed by atoms with E-state index in [0.717, 1.165) is 31.1 Å². The van der Waals surface area contributed by atoms with Crippen LogP contribution in [-0.2, 0) is 6.42 Å². The molecule has 2 heteroatoms. The van der Waals surface area contributed by atoms with Crippen LogP contribution in [0.25, 0.3) is 21.5 Å². The number of aliphatic hydroxyl groups is 1. The van der Waals surface area contributed by atoms with Crippen LogP contribution in [0.15, 0.2) is 42.5 Å². The lowest BCUT2D eigenvalue weighted by atomic mass is 9.68. The molecule has 1 aliphatic rings. The van der Waals surface area contributed by atoms with Gasteiger partial charge in [0.2, 0.25) is 0 Å². The van der Waals surface area contributed by atoms with Crippen LogP contribution in [0.4, 0.5) is 0 Å². The molecule has 2 atom stereocenters. The summed E-state index contributed by atoms with van der Waals surface area (Å²) in [6.07, 6.45) is 3.53. The minimum atomic E-state index is -0.571. The van der Waals surface area contributed by atoms with Gasteiger partial charge in [-0.25, -0.2) is 0 Å². The van der Waals surface area contributed by atoms with Gasteiger partial charge in [0, 0.05) is 5.92 Å². The van der Waals surface area contributed by atoms with Gasteiger partial charge in [0.1, 0.15) is 5.75 Å². The van der Waals surface area contributed by atoms with Crippen LogP contribution in [0.2, 0.25) is 0 Å². The van der Waals surface area contributed by atoms with E-state index in [2.05, 4.69) is 38.1 Å². The summed E-state index contributed by atoms with van der Waals surface area (Å²) < 4.78 is 0. The Morgan fingerprint density at radius 3 is 2.50 bits per heavy atom. The summed E-state index contributed by atoms with van der Waals surface area (Å²) in [4.78, 5) is 0. The maximum atomic E-state index is 11.0. The van der Waals surface area contributed by atoms with E-state index in [1.807, 2.05) is 12.1 Å². The first-order chi connectivity index (χ1) is 11.6. The highest BCUT2D eigenvalue weighted by Gasteiger charge is 2.39. The van der Waals surface area contributed by atoms with Gasteiger partial charge >= 0.3 is 0 Å². The lowest BCUT2D eigenvalue weighted by Crippen LogP contribution is -2.39. The van der Waals surface area contributed by atoms with Crippen molar-refractivity contribution in [1.29, 1.82) is 0 Å². The third-order valence-corrected chi connectivity index (χ3v) is 6.00. The molecular weight excluding hydrogens is 296 g/mol. The van der Waals surface area contributed by atoms with Gasteiger partial charge < -0.3 is 10.2 Å². The average Bonchev–Trinajstić information content (AvgIpc) is 2.60. The molecule has 0 aromatic heterocycles. The number of aromatic hydroxyl groups is 1. The van der Waals surface area contributed by atoms with Crippen molar-refractivity contribution in [3.63, 3.8) is 0 Å². The number of phenolic OH excluding ortho intramolecular Hbond substituents is 1. The zero-order valence-corrected chi connectivity index (χ0v) is 14.3. The Kier molecular flexibility index (Phi) is 3.54. The molecule has 24 heavy (non-hydrogen) atoms. The monoisotopic (exact) mass is 320 g/mol. The molecule has 0 saturated carbocycles. The van der Waals surface area contributed by atoms with Crippen molar-refractivity contribution in [3.8, 4) is 5.75 Å². The first-order valence-electron chi connectivity index (χ1n) is 8.97. The van der Waals surface area contributed by atoms with E-state index in [4.69, 9.17) is 0 Å². The van der Waals surface area contributed by atoms with E-state index in [1.54, 1.807) is 6.07 Å². The van der Waals surface area contributed by atoms with Crippen LogP contribution in [0.3, 0.4) is 0 Å². The van der Waals surface area contributed by atoms with Gasteiger partial charge in [-0.3, -0.25) is 0 Å². The standard InChI is InChI=1S/C22H24O2/c1-3-21-20-10-9-17-16-8-6-15(23)13-14(16)5-7-18(17)19(20)11-12-22(21,24)4-2/h5-10,13,21,23-24H,3-4,11-12H2,1-2H3/t21-,22-/m1/s1. The Hall–Kier alpha value is -2.06. The Morgan fingerprint density at radius 2 is 1.75 bits per heavy atom. The summed E-state index contributed by atoms with van der Waals surface area (Å²) in [5.41, 5.74) is 2.14. The number of rotatable bonds is 2. The normalized spacial score (nSPS) is 23.5. The molecule has 0 aliphatic heterocycles. The molecule has 1 aliphatic carbocycles. The number of fused-ring (bicyclic) bond motifs is 5. The van der Waals surface area contributed by atoms with Crippen LogP contribution < -0.4 is 0 Å². The largest absolute Gasteiger partial charge is 0.508 e. The maximum Gasteiger partial charge on any atom is 0.116 e. The Morgan fingerprint density at radius 1 is 1.00 bits per heavy atom. The molecule has 0 saturated heterocycles. The van der Waals surface area contributed by atoms with Crippen molar-refractivity contribution < 1.29 is 10.2 Å². The smallest absolute Gasteiger partial charge is 0.116 e. The van der Waals surface area contributed by atoms with Crippen LogP contribution >= 0.6 is 0 Å². The van der Waals surface area contributed by atoms with Crippen LogP contribution in [0.1, 0.15) is 50.2 Å². The fourth-order valence-electron chi connectivity index (χ4n) is 4.65. The fraction of sp³-hybridized carbons (Fsp3) is 0.364. The predicted molar refractivity (Wildman–Crippen MR) is 99.7 cm³/mol. The molecule has 0 heterocycles. The van der Waals surface area contributed by atoms with E-state index in [0.29, 0.717) is 5.75 Å². The molecular formula is C22H24O2. The van der Waals surface area contributed by atoms with Crippen molar-refractivity contribution in [2.24, 2.45) is 0 Å². The highest BCUT2D eigenvalue weighted by Crippen LogP contribution is 2.46. The second-order valence-electron chi connectivity index (χ2n) is 7.12. The lowest BCUT2D eigenvalue weighted by molar-refractivity contribution is -0.00733. The summed E-state index contributed by atoms with van der Waals surface area (Å²) in [5, 5.41) is 25.5. The lowest BCUT2D eigenvalue weighted by Gasteiger charge is -2.41. The van der Waals surface area contributed by atoms with Crippen LogP contribution in [0, 0.1) is 0 Å². The first kappa shape index (κ1) is 15.5. The summed E-state index contributed by atoms with van der Waals surface area (Å²) in [5.74, 6) is 0.519. The minimum Gasteiger partial charge on any atom is -0.508 e. The van der Waals surface area contributed by atoms with E-state index in [9.17, 15) is 10.2 Å². The Labute approximate surface area is 142 Å². The van der Waals surface area contributed by atoms with Crippen molar-refractivity contribution in [1.82, 2.24) is 0 Å². The summed E-state index contributed by atoms with van der Waals surface area (Å²) in [6.45, 7) is 4.27. The molecule has 4 rings (SSSR count). The van der Waals surface area contributed by atoms with Gasteiger partial charge in [-0.2, -0.15) is 0 Å². The van der Waals surface area contributed by atoms with Crippen LogP contribution in [0.5, 0.6) is 5.75 Å². The molecule has 0 amide bonds. The highest BCUT2D eigenvalue weighted by atomic mass is 16.3. The van der Waals surface area contributed by atoms with Gasteiger partial charge in [0.25, 0.3) is 0 Å². The molecule has 0 spiro atoms. The zero-order valence-electron chi connectivity index (χ0n) is 14.3. The zero-order chi connectivity index (χ0) is 16.9. The number of benzene rings is 3. The molecule has 3 aromatic rings. The molecule has 2 nitrogen and oxygen atoms in total. The molecule has 2 N–H and O–H groups in total. The fourth-order valence-corrected chi connectivity index (χ4v) is 4.65. The van der Waals surface area contributed by atoms with Crippen molar-refractivity contribution in [2.75, 3.05) is 0 Å². The summed E-state index contributed by atoms with van der Waals surface area (Å²) in [7, 11) is 0. The first-order valence-corrected chi connectivity index (χ1v) is 8.97.